The van der Waals surface area contributed by atoms with Gasteiger partial charge in [-0.1, -0.05) is 42.5 Å². The Kier molecular flexibility index (Phi) is 14.7. The van der Waals surface area contributed by atoms with Gasteiger partial charge in [0, 0.05) is 50.1 Å². The molecule has 0 radical (unpaired) electrons. The lowest BCUT2D eigenvalue weighted by molar-refractivity contribution is -0.141. The van der Waals surface area contributed by atoms with E-state index in [1.54, 1.807) is 30.3 Å². The fraction of sp³-hybridized carbons (Fsp3) is 0.312. The van der Waals surface area contributed by atoms with Crippen molar-refractivity contribution in [3.63, 3.8) is 0 Å². The molecule has 0 aliphatic rings. The lowest BCUT2D eigenvalue weighted by Gasteiger charge is -2.25. The number of nitrogens with one attached hydrogen (secondary N) is 1. The van der Waals surface area contributed by atoms with E-state index >= 15 is 0 Å². The van der Waals surface area contributed by atoms with Crippen molar-refractivity contribution < 1.29 is 33.4 Å². The van der Waals surface area contributed by atoms with Crippen LogP contribution in [0, 0.1) is 0 Å². The van der Waals surface area contributed by atoms with Gasteiger partial charge in [-0.05, 0) is 42.5 Å². The van der Waals surface area contributed by atoms with Crippen LogP contribution in [0.4, 0.5) is 17.1 Å². The van der Waals surface area contributed by atoms with E-state index in [0.29, 0.717) is 37.3 Å². The molecule has 1 N–H and O–H groups in total. The van der Waals surface area contributed by atoms with E-state index < -0.39 is 0 Å². The Balaban J connectivity index is 0.000000369. The first kappa shape index (κ1) is 33.3. The van der Waals surface area contributed by atoms with Crippen LogP contribution >= 0.6 is 0 Å². The molecule has 1 amide bonds. The second kappa shape index (κ2) is 18.5. The fourth-order valence-electron chi connectivity index (χ4n) is 3.71. The zero-order valence-corrected chi connectivity index (χ0v) is 24.6. The van der Waals surface area contributed by atoms with E-state index in [2.05, 4.69) is 10.1 Å². The molecule has 0 heterocycles. The summed E-state index contributed by atoms with van der Waals surface area (Å²) in [5.74, 6) is -1.09. The van der Waals surface area contributed by atoms with Gasteiger partial charge in [0.25, 0.3) is 5.91 Å². The maximum absolute atomic E-state index is 12.3. The summed E-state index contributed by atoms with van der Waals surface area (Å²) in [5, 5.41) is 2.87. The summed E-state index contributed by atoms with van der Waals surface area (Å²) in [6, 6.07) is 26.2. The van der Waals surface area contributed by atoms with Gasteiger partial charge < -0.3 is 29.3 Å². The number of carbonyl (C=O) groups excluding carboxylic acids is 4. The summed E-state index contributed by atoms with van der Waals surface area (Å²) in [7, 11) is 3.36. The topological polar surface area (TPSA) is 114 Å². The largest absolute Gasteiger partial charge is 0.469 e. The van der Waals surface area contributed by atoms with Crippen LogP contribution in [-0.2, 0) is 28.6 Å². The molecule has 0 fully saturated rings. The molecular weight excluding hydrogens is 538 g/mol. The summed E-state index contributed by atoms with van der Waals surface area (Å²) in [6.45, 7) is 4.64. The summed E-state index contributed by atoms with van der Waals surface area (Å²) >= 11 is 0. The van der Waals surface area contributed by atoms with Crippen LogP contribution < -0.4 is 15.1 Å². The number of benzene rings is 3. The minimum Gasteiger partial charge on any atom is -0.469 e. The third-order valence-corrected chi connectivity index (χ3v) is 5.91. The second-order valence-corrected chi connectivity index (χ2v) is 9.12. The fourth-order valence-corrected chi connectivity index (χ4v) is 3.71. The van der Waals surface area contributed by atoms with Gasteiger partial charge in [-0.25, -0.2) is 0 Å². The van der Waals surface area contributed by atoms with Crippen LogP contribution in [-0.4, -0.2) is 70.8 Å². The highest BCUT2D eigenvalue weighted by Crippen LogP contribution is 2.20. The van der Waals surface area contributed by atoms with Crippen LogP contribution in [0.1, 0.15) is 30.6 Å². The van der Waals surface area contributed by atoms with E-state index in [0.717, 1.165) is 11.4 Å². The second-order valence-electron chi connectivity index (χ2n) is 9.12. The Morgan fingerprint density at radius 1 is 0.714 bits per heavy atom. The minimum atomic E-state index is -0.358. The molecule has 0 atom stereocenters. The van der Waals surface area contributed by atoms with Crippen LogP contribution in [0.5, 0.6) is 0 Å². The Labute approximate surface area is 247 Å². The van der Waals surface area contributed by atoms with E-state index in [9.17, 15) is 19.2 Å². The van der Waals surface area contributed by atoms with Gasteiger partial charge in [0.1, 0.15) is 13.2 Å². The third kappa shape index (κ3) is 13.0. The van der Waals surface area contributed by atoms with Gasteiger partial charge in [0.2, 0.25) is 0 Å². The molecule has 0 spiro atoms. The molecule has 0 saturated carbocycles. The zero-order valence-electron chi connectivity index (χ0n) is 24.6. The lowest BCUT2D eigenvalue weighted by atomic mass is 10.2. The number of esters is 3. The van der Waals surface area contributed by atoms with E-state index in [4.69, 9.17) is 9.47 Å². The van der Waals surface area contributed by atoms with Gasteiger partial charge in [0.05, 0.1) is 26.6 Å². The molecule has 42 heavy (non-hydrogen) atoms. The Morgan fingerprint density at radius 3 is 1.81 bits per heavy atom. The first-order chi connectivity index (χ1) is 20.2. The molecule has 0 bridgehead atoms. The number of hydrogen-bond donors (Lipinski definition) is 1. The van der Waals surface area contributed by atoms with Crippen molar-refractivity contribution in [2.45, 2.75) is 20.3 Å². The van der Waals surface area contributed by atoms with Gasteiger partial charge in [0.15, 0.2) is 0 Å². The van der Waals surface area contributed by atoms with Crippen molar-refractivity contribution in [2.75, 3.05) is 62.1 Å². The minimum absolute atomic E-state index is 0.173. The molecular formula is C32H39N3O7. The van der Waals surface area contributed by atoms with Crippen molar-refractivity contribution in [3.05, 3.63) is 90.5 Å². The van der Waals surface area contributed by atoms with Crippen molar-refractivity contribution in [1.82, 2.24) is 0 Å². The molecule has 3 aromatic rings. The summed E-state index contributed by atoms with van der Waals surface area (Å²) < 4.78 is 14.6. The molecule has 0 unspecified atom stereocenters. The average molecular weight is 578 g/mol. The molecule has 224 valence electrons. The monoisotopic (exact) mass is 577 g/mol. The number of carbonyl (C=O) groups is 4. The predicted octanol–water partition coefficient (Wildman–Crippen LogP) is 4.56. The number of methoxy groups -OCH3 is 1. The molecule has 10 nitrogen and oxygen atoms in total. The number of amides is 1. The highest BCUT2D eigenvalue weighted by atomic mass is 16.5. The van der Waals surface area contributed by atoms with E-state index in [1.807, 2.05) is 71.4 Å². The Morgan fingerprint density at radius 2 is 1.26 bits per heavy atom. The third-order valence-electron chi connectivity index (χ3n) is 5.91. The molecule has 3 aromatic carbocycles. The number of ether oxygens (including phenoxy) is 3. The summed E-state index contributed by atoms with van der Waals surface area (Å²) in [6.07, 6.45) is 0.419. The van der Waals surface area contributed by atoms with Crippen LogP contribution in [0.2, 0.25) is 0 Å². The zero-order chi connectivity index (χ0) is 30.7. The standard InChI is InChI=1S/C21H24N2O5.C11H15NO2/c1-16(24)27-13-11-23(12-14-28-17(2)25)20-10-6-9-19(15-20)22-21(26)18-7-4-3-5-8-18;1-12(9-8-11(13)14-2)10-6-4-3-5-7-10/h3-10,15H,11-14H2,1-2H3,(H,22,26);3-7H,8-9H2,1-2H3. The average Bonchev–Trinajstić information content (AvgIpc) is 3.00. The molecule has 0 aromatic heterocycles. The first-order valence-corrected chi connectivity index (χ1v) is 13.5. The van der Waals surface area contributed by atoms with Gasteiger partial charge in [-0.2, -0.15) is 0 Å². The van der Waals surface area contributed by atoms with Crippen molar-refractivity contribution in [3.8, 4) is 0 Å². The van der Waals surface area contributed by atoms with E-state index in [1.165, 1.54) is 21.0 Å². The van der Waals surface area contributed by atoms with Crippen molar-refractivity contribution in [2.24, 2.45) is 0 Å². The maximum atomic E-state index is 12.3. The summed E-state index contributed by atoms with van der Waals surface area (Å²) in [5.41, 5.74) is 3.12. The number of para-hydroxylation sites is 1. The smallest absolute Gasteiger partial charge is 0.307 e. The summed E-state index contributed by atoms with van der Waals surface area (Å²) in [4.78, 5) is 49.2. The first-order valence-electron chi connectivity index (χ1n) is 13.5. The maximum Gasteiger partial charge on any atom is 0.307 e. The van der Waals surface area contributed by atoms with Gasteiger partial charge in [-0.15, -0.1) is 0 Å². The van der Waals surface area contributed by atoms with Gasteiger partial charge >= 0.3 is 17.9 Å². The van der Waals surface area contributed by atoms with Crippen molar-refractivity contribution >= 4 is 40.9 Å². The quantitative estimate of drug-likeness (QED) is 0.231. The molecule has 0 aliphatic carbocycles. The van der Waals surface area contributed by atoms with Crippen LogP contribution in [0.3, 0.4) is 0 Å². The number of rotatable bonds is 13. The molecule has 3 rings (SSSR count). The molecule has 0 aliphatic heterocycles. The predicted molar refractivity (Wildman–Crippen MR) is 163 cm³/mol. The number of nitrogens with zero attached hydrogens (tertiary/aromatic N) is 2. The lowest BCUT2D eigenvalue weighted by Crippen LogP contribution is -2.32. The van der Waals surface area contributed by atoms with E-state index in [-0.39, 0.29) is 37.0 Å². The molecule has 0 saturated heterocycles. The highest BCUT2D eigenvalue weighted by molar-refractivity contribution is 6.04. The normalized spacial score (nSPS) is 9.90. The highest BCUT2D eigenvalue weighted by Gasteiger charge is 2.11. The van der Waals surface area contributed by atoms with Crippen LogP contribution in [0.25, 0.3) is 0 Å². The van der Waals surface area contributed by atoms with Crippen LogP contribution in [0.15, 0.2) is 84.9 Å². The Hall–Kier alpha value is -4.86. The van der Waals surface area contributed by atoms with Crippen molar-refractivity contribution in [1.29, 1.82) is 0 Å². The SMILES string of the molecule is CC(=O)OCCN(CCOC(C)=O)c1cccc(NC(=O)c2ccccc2)c1.COC(=O)CCN(C)c1ccccc1. The number of hydrogen-bond acceptors (Lipinski definition) is 9. The number of anilines is 3. The Bertz CT molecular complexity index is 1250. The van der Waals surface area contributed by atoms with Gasteiger partial charge in [-0.3, -0.25) is 19.2 Å². The molecule has 10 heteroatoms.